The monoisotopic (exact) mass is 456 g/mol. The lowest BCUT2D eigenvalue weighted by molar-refractivity contribution is -0.151. The minimum absolute atomic E-state index is 0.000487. The summed E-state index contributed by atoms with van der Waals surface area (Å²) in [6.07, 6.45) is 23.0. The third kappa shape index (κ3) is 9.33. The molecule has 0 radical (unpaired) electrons. The summed E-state index contributed by atoms with van der Waals surface area (Å²) in [4.78, 5) is 12.6. The Kier molecular flexibility index (Phi) is 12.2. The van der Waals surface area contributed by atoms with Crippen LogP contribution in [0.2, 0.25) is 0 Å². The van der Waals surface area contributed by atoms with E-state index in [1.54, 1.807) is 0 Å². The number of unbranched alkanes of at least 4 members (excludes halogenated alkanes) is 8. The number of hydrogen-bond acceptors (Lipinski definition) is 3. The van der Waals surface area contributed by atoms with Gasteiger partial charge in [-0.1, -0.05) is 89.3 Å². The Hall–Kier alpha value is -1.51. The maximum atomic E-state index is 12.6. The highest BCUT2D eigenvalue weighted by molar-refractivity contribution is 5.69. The van der Waals surface area contributed by atoms with Gasteiger partial charge in [-0.2, -0.15) is 0 Å². The summed E-state index contributed by atoms with van der Waals surface area (Å²) < 4.78 is 12.6. The lowest BCUT2D eigenvalue weighted by Gasteiger charge is -2.33. The SMILES string of the molecule is CCCCCCCCCCCC(=O)O[C@@H]1CCCC[C@H]1c1ccccc1OC1CCCCC1. The van der Waals surface area contributed by atoms with Crippen molar-refractivity contribution >= 4 is 5.97 Å². The summed E-state index contributed by atoms with van der Waals surface area (Å²) in [7, 11) is 0. The minimum Gasteiger partial charge on any atom is -0.490 e. The lowest BCUT2D eigenvalue weighted by atomic mass is 9.81. The number of carbonyl (C=O) groups excluding carboxylic acids is 1. The van der Waals surface area contributed by atoms with E-state index in [2.05, 4.69) is 31.2 Å². The quantitative estimate of drug-likeness (QED) is 0.207. The number of rotatable bonds is 14. The summed E-state index contributed by atoms with van der Waals surface area (Å²) in [5.41, 5.74) is 1.25. The highest BCUT2D eigenvalue weighted by Gasteiger charge is 2.32. The van der Waals surface area contributed by atoms with Crippen LogP contribution in [-0.2, 0) is 9.53 Å². The Bertz CT molecular complexity index is 664. The van der Waals surface area contributed by atoms with E-state index in [-0.39, 0.29) is 18.0 Å². The Labute approximate surface area is 203 Å². The first-order valence-electron chi connectivity index (χ1n) is 14.2. The number of carbonyl (C=O) groups is 1. The van der Waals surface area contributed by atoms with Crippen molar-refractivity contribution in [2.75, 3.05) is 0 Å². The van der Waals surface area contributed by atoms with E-state index < -0.39 is 0 Å². The van der Waals surface area contributed by atoms with Crippen molar-refractivity contribution in [1.29, 1.82) is 0 Å². The molecule has 2 fully saturated rings. The number of ether oxygens (including phenoxy) is 2. The van der Waals surface area contributed by atoms with Crippen LogP contribution in [0.5, 0.6) is 5.75 Å². The first-order chi connectivity index (χ1) is 16.3. The number of para-hydroxylation sites is 1. The average Bonchev–Trinajstić information content (AvgIpc) is 2.84. The third-order valence-electron chi connectivity index (χ3n) is 7.63. The van der Waals surface area contributed by atoms with E-state index in [0.29, 0.717) is 12.5 Å². The number of benzene rings is 1. The molecule has 2 atom stereocenters. The van der Waals surface area contributed by atoms with Gasteiger partial charge in [0, 0.05) is 17.9 Å². The predicted molar refractivity (Wildman–Crippen MR) is 137 cm³/mol. The minimum atomic E-state index is 0.000487. The van der Waals surface area contributed by atoms with Gasteiger partial charge < -0.3 is 9.47 Å². The van der Waals surface area contributed by atoms with E-state index in [0.717, 1.165) is 50.7 Å². The first kappa shape index (κ1) is 26.1. The van der Waals surface area contributed by atoms with Crippen molar-refractivity contribution in [1.82, 2.24) is 0 Å². The van der Waals surface area contributed by atoms with Crippen LogP contribution in [-0.4, -0.2) is 18.2 Å². The van der Waals surface area contributed by atoms with E-state index in [1.807, 2.05) is 0 Å². The lowest BCUT2D eigenvalue weighted by Crippen LogP contribution is -2.29. The zero-order valence-corrected chi connectivity index (χ0v) is 21.2. The van der Waals surface area contributed by atoms with Crippen molar-refractivity contribution in [3.05, 3.63) is 29.8 Å². The highest BCUT2D eigenvalue weighted by atomic mass is 16.5. The predicted octanol–water partition coefficient (Wildman–Crippen LogP) is 8.89. The molecule has 1 aromatic rings. The molecule has 3 rings (SSSR count). The van der Waals surface area contributed by atoms with Crippen LogP contribution < -0.4 is 4.74 Å². The Balaban J connectivity index is 1.44. The van der Waals surface area contributed by atoms with Crippen LogP contribution in [0.1, 0.15) is 140 Å². The molecule has 3 heteroatoms. The fraction of sp³-hybridized carbons (Fsp3) is 0.767. The van der Waals surface area contributed by atoms with E-state index in [4.69, 9.17) is 9.47 Å². The molecule has 186 valence electrons. The first-order valence-corrected chi connectivity index (χ1v) is 14.2. The van der Waals surface area contributed by atoms with Crippen LogP contribution >= 0.6 is 0 Å². The van der Waals surface area contributed by atoms with Crippen LogP contribution in [0, 0.1) is 0 Å². The molecule has 0 spiro atoms. The molecular weight excluding hydrogens is 408 g/mol. The Morgan fingerprint density at radius 3 is 2.18 bits per heavy atom. The fourth-order valence-corrected chi connectivity index (χ4v) is 5.66. The van der Waals surface area contributed by atoms with E-state index in [9.17, 15) is 4.79 Å². The standard InChI is InChI=1S/C30H48O3/c1-2-3-4-5-6-7-8-9-13-24-30(31)33-29-23-17-15-21-27(29)26-20-14-16-22-28(26)32-25-18-11-10-12-19-25/h14,16,20,22,25,27,29H,2-13,15,17-19,21,23-24H2,1H3/t27-,29+/m0/s1. The molecule has 0 amide bonds. The van der Waals surface area contributed by atoms with Gasteiger partial charge in [-0.3, -0.25) is 4.79 Å². The Morgan fingerprint density at radius 2 is 1.42 bits per heavy atom. The van der Waals surface area contributed by atoms with Crippen LogP contribution in [0.25, 0.3) is 0 Å². The van der Waals surface area contributed by atoms with Crippen molar-refractivity contribution < 1.29 is 14.3 Å². The fourth-order valence-electron chi connectivity index (χ4n) is 5.66. The second kappa shape index (κ2) is 15.4. The molecule has 2 aliphatic carbocycles. The molecule has 2 saturated carbocycles. The van der Waals surface area contributed by atoms with Gasteiger partial charge in [0.1, 0.15) is 11.9 Å². The molecule has 0 heterocycles. The van der Waals surface area contributed by atoms with Gasteiger partial charge in [-0.15, -0.1) is 0 Å². The van der Waals surface area contributed by atoms with Gasteiger partial charge >= 0.3 is 5.97 Å². The van der Waals surface area contributed by atoms with E-state index in [1.165, 1.54) is 76.2 Å². The van der Waals surface area contributed by atoms with Crippen molar-refractivity contribution in [2.24, 2.45) is 0 Å². The second-order valence-corrected chi connectivity index (χ2v) is 10.4. The largest absolute Gasteiger partial charge is 0.490 e. The number of hydrogen-bond donors (Lipinski definition) is 0. The van der Waals surface area contributed by atoms with Gasteiger partial charge in [0.2, 0.25) is 0 Å². The normalized spacial score (nSPS) is 21.6. The third-order valence-corrected chi connectivity index (χ3v) is 7.63. The summed E-state index contributed by atoms with van der Waals surface area (Å²) >= 11 is 0. The topological polar surface area (TPSA) is 35.5 Å². The molecule has 3 nitrogen and oxygen atoms in total. The molecule has 0 aliphatic heterocycles. The zero-order valence-electron chi connectivity index (χ0n) is 21.2. The van der Waals surface area contributed by atoms with Gasteiger partial charge in [0.25, 0.3) is 0 Å². The van der Waals surface area contributed by atoms with Gasteiger partial charge in [-0.05, 0) is 57.4 Å². The molecular formula is C30H48O3. The summed E-state index contributed by atoms with van der Waals surface area (Å²) in [5.74, 6) is 1.29. The Morgan fingerprint density at radius 1 is 0.788 bits per heavy atom. The van der Waals surface area contributed by atoms with Gasteiger partial charge in [-0.25, -0.2) is 0 Å². The van der Waals surface area contributed by atoms with Gasteiger partial charge in [0.05, 0.1) is 6.10 Å². The summed E-state index contributed by atoms with van der Waals surface area (Å²) in [5, 5.41) is 0. The molecule has 0 aromatic heterocycles. The molecule has 0 unspecified atom stereocenters. The van der Waals surface area contributed by atoms with Crippen LogP contribution in [0.4, 0.5) is 0 Å². The molecule has 1 aromatic carbocycles. The number of esters is 1. The summed E-state index contributed by atoms with van der Waals surface area (Å²) in [6.45, 7) is 2.26. The van der Waals surface area contributed by atoms with Crippen molar-refractivity contribution in [2.45, 2.75) is 147 Å². The van der Waals surface area contributed by atoms with E-state index >= 15 is 0 Å². The van der Waals surface area contributed by atoms with Gasteiger partial charge in [0.15, 0.2) is 0 Å². The summed E-state index contributed by atoms with van der Waals surface area (Å²) in [6, 6.07) is 8.52. The molecule has 33 heavy (non-hydrogen) atoms. The smallest absolute Gasteiger partial charge is 0.306 e. The van der Waals surface area contributed by atoms with Crippen molar-refractivity contribution in [3.8, 4) is 5.75 Å². The maximum Gasteiger partial charge on any atom is 0.306 e. The van der Waals surface area contributed by atoms with Crippen LogP contribution in [0.15, 0.2) is 24.3 Å². The van der Waals surface area contributed by atoms with Crippen molar-refractivity contribution in [3.63, 3.8) is 0 Å². The molecule has 0 N–H and O–H groups in total. The second-order valence-electron chi connectivity index (χ2n) is 10.4. The molecule has 0 bridgehead atoms. The maximum absolute atomic E-state index is 12.6. The van der Waals surface area contributed by atoms with Crippen LogP contribution in [0.3, 0.4) is 0 Å². The zero-order chi connectivity index (χ0) is 23.1. The molecule has 2 aliphatic rings. The molecule has 0 saturated heterocycles. The highest BCUT2D eigenvalue weighted by Crippen LogP contribution is 2.40. The average molecular weight is 457 g/mol.